The fraction of sp³-hybridized carbons (Fsp3) is 0.688. The highest BCUT2D eigenvalue weighted by atomic mass is 32.2. The number of sulfonamides is 1. The fourth-order valence-corrected chi connectivity index (χ4v) is 5.45. The predicted molar refractivity (Wildman–Crippen MR) is 92.4 cm³/mol. The van der Waals surface area contributed by atoms with Crippen molar-refractivity contribution < 1.29 is 13.2 Å². The van der Waals surface area contributed by atoms with Gasteiger partial charge < -0.3 is 4.90 Å². The van der Waals surface area contributed by atoms with Crippen LogP contribution >= 0.6 is 11.3 Å². The van der Waals surface area contributed by atoms with Gasteiger partial charge in [0.05, 0.1) is 11.1 Å². The number of aryl methyl sites for hydroxylation is 1. The van der Waals surface area contributed by atoms with Gasteiger partial charge in [-0.2, -0.15) is 0 Å². The van der Waals surface area contributed by atoms with Crippen LogP contribution in [0.3, 0.4) is 0 Å². The summed E-state index contributed by atoms with van der Waals surface area (Å²) in [6, 6.07) is 2.07. The molecule has 0 saturated carbocycles. The molecule has 3 rings (SSSR count). The Morgan fingerprint density at radius 3 is 2.78 bits per heavy atom. The lowest BCUT2D eigenvalue weighted by Crippen LogP contribution is -2.36. The van der Waals surface area contributed by atoms with E-state index in [1.54, 1.807) is 11.3 Å². The Bertz CT molecular complexity index is 696. The van der Waals surface area contributed by atoms with Crippen LogP contribution in [0.4, 0.5) is 0 Å². The van der Waals surface area contributed by atoms with E-state index in [1.165, 1.54) is 27.4 Å². The normalized spacial score (nSPS) is 23.4. The summed E-state index contributed by atoms with van der Waals surface area (Å²) in [5, 5.41) is 0. The quantitative estimate of drug-likeness (QED) is 0.814. The maximum absolute atomic E-state index is 12.8. The minimum absolute atomic E-state index is 0.0624. The first-order chi connectivity index (χ1) is 10.8. The van der Waals surface area contributed by atoms with Gasteiger partial charge in [-0.3, -0.25) is 4.79 Å². The van der Waals surface area contributed by atoms with E-state index < -0.39 is 10.0 Å². The second-order valence-corrected chi connectivity index (χ2v) is 9.83. The summed E-state index contributed by atoms with van der Waals surface area (Å²) in [6.45, 7) is 4.26. The standard InChI is InChI=1S/C16H24N2O3S2/c1-12-4-5-14-13(10-12)11-15(22-14)16(19)17-6-3-7-18(9-8-17)23(2,20)21/h11-12H,3-10H2,1-2H3. The second-order valence-electron chi connectivity index (χ2n) is 6.71. The van der Waals surface area contributed by atoms with Crippen molar-refractivity contribution in [1.82, 2.24) is 9.21 Å². The van der Waals surface area contributed by atoms with E-state index in [0.29, 0.717) is 38.5 Å². The van der Waals surface area contributed by atoms with Gasteiger partial charge in [0.2, 0.25) is 10.0 Å². The van der Waals surface area contributed by atoms with Crippen molar-refractivity contribution in [2.75, 3.05) is 32.4 Å². The highest BCUT2D eigenvalue weighted by molar-refractivity contribution is 7.88. The molecule has 1 fully saturated rings. The van der Waals surface area contributed by atoms with Gasteiger partial charge in [-0.05, 0) is 43.2 Å². The molecule has 0 radical (unpaired) electrons. The number of hydrogen-bond acceptors (Lipinski definition) is 4. The minimum Gasteiger partial charge on any atom is -0.337 e. The highest BCUT2D eigenvalue weighted by Crippen LogP contribution is 2.32. The van der Waals surface area contributed by atoms with Gasteiger partial charge in [-0.1, -0.05) is 6.92 Å². The van der Waals surface area contributed by atoms with E-state index in [9.17, 15) is 13.2 Å². The Kier molecular flexibility index (Phi) is 4.80. The lowest BCUT2D eigenvalue weighted by atomic mass is 9.90. The summed E-state index contributed by atoms with van der Waals surface area (Å²) in [6.07, 6.45) is 5.28. The van der Waals surface area contributed by atoms with Gasteiger partial charge in [-0.25, -0.2) is 12.7 Å². The van der Waals surface area contributed by atoms with Crippen molar-refractivity contribution in [3.05, 3.63) is 21.4 Å². The molecule has 128 valence electrons. The van der Waals surface area contributed by atoms with Crippen molar-refractivity contribution in [3.8, 4) is 0 Å². The Morgan fingerprint density at radius 1 is 1.26 bits per heavy atom. The second kappa shape index (κ2) is 6.53. The monoisotopic (exact) mass is 356 g/mol. The first-order valence-corrected chi connectivity index (χ1v) is 10.9. The van der Waals surface area contributed by atoms with Gasteiger partial charge in [0.25, 0.3) is 5.91 Å². The first kappa shape index (κ1) is 16.9. The zero-order valence-electron chi connectivity index (χ0n) is 13.7. The van der Waals surface area contributed by atoms with E-state index >= 15 is 0 Å². The van der Waals surface area contributed by atoms with Crippen LogP contribution in [0.2, 0.25) is 0 Å². The van der Waals surface area contributed by atoms with Crippen LogP contribution in [0.5, 0.6) is 0 Å². The summed E-state index contributed by atoms with van der Waals surface area (Å²) < 4.78 is 24.8. The van der Waals surface area contributed by atoms with Crippen LogP contribution in [0.1, 0.15) is 39.9 Å². The average Bonchev–Trinajstić information content (AvgIpc) is 2.72. The molecule has 0 aromatic carbocycles. The predicted octanol–water partition coefficient (Wildman–Crippen LogP) is 1.98. The average molecular weight is 357 g/mol. The third-order valence-corrected chi connectivity index (χ3v) is 7.28. The lowest BCUT2D eigenvalue weighted by molar-refractivity contribution is 0.0769. The van der Waals surface area contributed by atoms with Crippen molar-refractivity contribution >= 4 is 27.3 Å². The maximum atomic E-state index is 12.8. The smallest absolute Gasteiger partial charge is 0.263 e. The lowest BCUT2D eigenvalue weighted by Gasteiger charge is -2.20. The zero-order chi connectivity index (χ0) is 16.6. The van der Waals surface area contributed by atoms with Crippen LogP contribution < -0.4 is 0 Å². The van der Waals surface area contributed by atoms with E-state index in [-0.39, 0.29) is 5.91 Å². The molecule has 2 aliphatic rings. The molecule has 1 aliphatic carbocycles. The Hall–Kier alpha value is -0.920. The number of amides is 1. The molecule has 1 unspecified atom stereocenters. The van der Waals surface area contributed by atoms with Gasteiger partial charge in [-0.15, -0.1) is 11.3 Å². The highest BCUT2D eigenvalue weighted by Gasteiger charge is 2.27. The maximum Gasteiger partial charge on any atom is 0.263 e. The molecule has 0 spiro atoms. The molecular weight excluding hydrogens is 332 g/mol. The van der Waals surface area contributed by atoms with Gasteiger partial charge >= 0.3 is 0 Å². The molecule has 1 atom stereocenters. The van der Waals surface area contributed by atoms with Gasteiger partial charge in [0.1, 0.15) is 0 Å². The molecule has 2 heterocycles. The molecule has 1 saturated heterocycles. The zero-order valence-corrected chi connectivity index (χ0v) is 15.4. The molecular formula is C16H24N2O3S2. The van der Waals surface area contributed by atoms with E-state index in [2.05, 4.69) is 13.0 Å². The molecule has 1 aliphatic heterocycles. The molecule has 1 aromatic rings. The molecule has 0 N–H and O–H groups in total. The van der Waals surface area contributed by atoms with Crippen LogP contribution in [0.25, 0.3) is 0 Å². The third kappa shape index (κ3) is 3.78. The van der Waals surface area contributed by atoms with Gasteiger partial charge in [0.15, 0.2) is 0 Å². The molecule has 1 aromatic heterocycles. The van der Waals surface area contributed by atoms with Crippen molar-refractivity contribution in [2.24, 2.45) is 5.92 Å². The van der Waals surface area contributed by atoms with Crippen LogP contribution in [-0.2, 0) is 22.9 Å². The third-order valence-electron chi connectivity index (χ3n) is 4.75. The number of fused-ring (bicyclic) bond motifs is 1. The summed E-state index contributed by atoms with van der Waals surface area (Å²) in [7, 11) is -3.17. The van der Waals surface area contributed by atoms with E-state index in [0.717, 1.165) is 17.7 Å². The molecule has 23 heavy (non-hydrogen) atoms. The Morgan fingerprint density at radius 2 is 2.04 bits per heavy atom. The van der Waals surface area contributed by atoms with E-state index in [4.69, 9.17) is 0 Å². The number of thiophene rings is 1. The topological polar surface area (TPSA) is 57.7 Å². The fourth-order valence-electron chi connectivity index (χ4n) is 3.40. The van der Waals surface area contributed by atoms with Crippen molar-refractivity contribution in [2.45, 2.75) is 32.6 Å². The minimum atomic E-state index is -3.17. The number of carbonyl (C=O) groups excluding carboxylic acids is 1. The molecule has 0 bridgehead atoms. The van der Waals surface area contributed by atoms with Crippen molar-refractivity contribution in [3.63, 3.8) is 0 Å². The molecule has 1 amide bonds. The van der Waals surface area contributed by atoms with Crippen molar-refractivity contribution in [1.29, 1.82) is 0 Å². The molecule has 7 heteroatoms. The number of carbonyl (C=O) groups is 1. The summed E-state index contributed by atoms with van der Waals surface area (Å²) in [4.78, 5) is 16.8. The number of rotatable bonds is 2. The van der Waals surface area contributed by atoms with Crippen LogP contribution in [-0.4, -0.2) is 56.0 Å². The van der Waals surface area contributed by atoms with E-state index in [1.807, 2.05) is 4.90 Å². The summed E-state index contributed by atoms with van der Waals surface area (Å²) in [5.74, 6) is 0.758. The molecule has 5 nitrogen and oxygen atoms in total. The first-order valence-electron chi connectivity index (χ1n) is 8.20. The van der Waals surface area contributed by atoms with Crippen LogP contribution in [0.15, 0.2) is 6.07 Å². The number of nitrogens with zero attached hydrogens (tertiary/aromatic N) is 2. The van der Waals surface area contributed by atoms with Crippen LogP contribution in [0, 0.1) is 5.92 Å². The summed E-state index contributed by atoms with van der Waals surface area (Å²) >= 11 is 1.63. The Labute approximate surface area is 142 Å². The largest absolute Gasteiger partial charge is 0.337 e. The SMILES string of the molecule is CC1CCc2sc(C(=O)N3CCCN(S(C)(=O)=O)CC3)cc2C1. The van der Waals surface area contributed by atoms with Gasteiger partial charge in [0, 0.05) is 31.1 Å². The summed E-state index contributed by atoms with van der Waals surface area (Å²) in [5.41, 5.74) is 1.34. The number of hydrogen-bond donors (Lipinski definition) is 0. The Balaban J connectivity index is 1.71.